The quantitative estimate of drug-likeness (QED) is 0.671. The maximum absolute atomic E-state index is 12.6. The summed E-state index contributed by atoms with van der Waals surface area (Å²) in [5, 5.41) is 2.44. The molecular weight excluding hydrogens is 406 g/mol. The second-order valence-electron chi connectivity index (χ2n) is 7.41. The first kappa shape index (κ1) is 20.6. The van der Waals surface area contributed by atoms with Crippen molar-refractivity contribution < 1.29 is 23.8 Å². The molecule has 0 spiro atoms. The lowest BCUT2D eigenvalue weighted by molar-refractivity contribution is -0.132. The number of aromatic nitrogens is 1. The highest BCUT2D eigenvalue weighted by molar-refractivity contribution is 7.13. The number of carbonyl (C=O) groups excluding carboxylic acids is 2. The molecule has 0 N–H and O–H groups in total. The standard InChI is InChI=1S/C21H25N3O5S/c1-23(21-22-7-9-30-21)19(26)13-24-12-15(11-18(24)25)14-5-6-16(27-2)17(10-14)29-20-4-3-8-28-20/h5-7,9-10,15,20H,3-4,8,11-13H2,1-2H3/t15-,20?/m1/s1. The zero-order valence-electron chi connectivity index (χ0n) is 17.1. The molecule has 9 heteroatoms. The van der Waals surface area contributed by atoms with Crippen molar-refractivity contribution in [2.45, 2.75) is 31.5 Å². The number of methoxy groups -OCH3 is 1. The van der Waals surface area contributed by atoms with Gasteiger partial charge in [0.05, 0.1) is 13.7 Å². The minimum atomic E-state index is -0.269. The van der Waals surface area contributed by atoms with Crippen molar-refractivity contribution in [3.8, 4) is 11.5 Å². The molecule has 4 rings (SSSR count). The molecule has 1 aromatic heterocycles. The third-order valence-electron chi connectivity index (χ3n) is 5.43. The van der Waals surface area contributed by atoms with Crippen LogP contribution in [-0.2, 0) is 14.3 Å². The molecule has 160 valence electrons. The summed E-state index contributed by atoms with van der Waals surface area (Å²) in [6, 6.07) is 5.73. The van der Waals surface area contributed by atoms with Gasteiger partial charge in [0.15, 0.2) is 22.9 Å². The summed E-state index contributed by atoms with van der Waals surface area (Å²) in [5.41, 5.74) is 0.986. The topological polar surface area (TPSA) is 81.2 Å². The van der Waals surface area contributed by atoms with E-state index in [1.165, 1.54) is 16.2 Å². The molecule has 2 atom stereocenters. The van der Waals surface area contributed by atoms with Crippen LogP contribution in [-0.4, -0.2) is 61.8 Å². The van der Waals surface area contributed by atoms with Gasteiger partial charge in [-0.1, -0.05) is 6.07 Å². The number of thiazole rings is 1. The van der Waals surface area contributed by atoms with E-state index in [9.17, 15) is 9.59 Å². The molecular formula is C21H25N3O5S. The predicted octanol–water partition coefficient (Wildman–Crippen LogP) is 2.65. The molecule has 2 fully saturated rings. The van der Waals surface area contributed by atoms with Crippen molar-refractivity contribution >= 4 is 28.3 Å². The van der Waals surface area contributed by atoms with Crippen molar-refractivity contribution in [3.63, 3.8) is 0 Å². The minimum absolute atomic E-state index is 0.00628. The Labute approximate surface area is 179 Å². The van der Waals surface area contributed by atoms with Gasteiger partial charge in [-0.05, 0) is 24.1 Å². The predicted molar refractivity (Wildman–Crippen MR) is 112 cm³/mol. The monoisotopic (exact) mass is 431 g/mol. The molecule has 3 heterocycles. The van der Waals surface area contributed by atoms with Crippen molar-refractivity contribution in [2.75, 3.05) is 38.8 Å². The second kappa shape index (κ2) is 9.01. The largest absolute Gasteiger partial charge is 0.493 e. The van der Waals surface area contributed by atoms with Gasteiger partial charge in [0, 0.05) is 43.9 Å². The van der Waals surface area contributed by atoms with Gasteiger partial charge in [0.1, 0.15) is 6.54 Å². The van der Waals surface area contributed by atoms with Crippen molar-refractivity contribution in [2.24, 2.45) is 0 Å². The lowest BCUT2D eigenvalue weighted by Crippen LogP contribution is -2.39. The van der Waals surface area contributed by atoms with Gasteiger partial charge in [-0.25, -0.2) is 4.98 Å². The maximum atomic E-state index is 12.6. The second-order valence-corrected chi connectivity index (χ2v) is 8.29. The number of likely N-dealkylation sites (N-methyl/N-ethyl adjacent to an activating group) is 1. The molecule has 1 unspecified atom stereocenters. The Bertz CT molecular complexity index is 898. The molecule has 0 radical (unpaired) electrons. The van der Waals surface area contributed by atoms with E-state index in [1.54, 1.807) is 25.3 Å². The van der Waals surface area contributed by atoms with Gasteiger partial charge >= 0.3 is 0 Å². The van der Waals surface area contributed by atoms with Crippen molar-refractivity contribution in [1.29, 1.82) is 0 Å². The van der Waals surface area contributed by atoms with E-state index in [0.717, 1.165) is 18.4 Å². The average molecular weight is 432 g/mol. The lowest BCUT2D eigenvalue weighted by Gasteiger charge is -2.21. The summed E-state index contributed by atoms with van der Waals surface area (Å²) in [5.74, 6) is 1.06. The number of benzene rings is 1. The Morgan fingerprint density at radius 2 is 2.27 bits per heavy atom. The van der Waals surface area contributed by atoms with E-state index >= 15 is 0 Å². The fourth-order valence-corrected chi connectivity index (χ4v) is 4.35. The first-order valence-corrected chi connectivity index (χ1v) is 10.8. The summed E-state index contributed by atoms with van der Waals surface area (Å²) in [7, 11) is 3.28. The van der Waals surface area contributed by atoms with Crippen LogP contribution >= 0.6 is 11.3 Å². The Hall–Kier alpha value is -2.65. The molecule has 2 aliphatic rings. The zero-order valence-corrected chi connectivity index (χ0v) is 17.9. The van der Waals surface area contributed by atoms with E-state index < -0.39 is 0 Å². The van der Waals surface area contributed by atoms with E-state index in [-0.39, 0.29) is 30.6 Å². The molecule has 1 aromatic carbocycles. The van der Waals surface area contributed by atoms with Gasteiger partial charge in [0.2, 0.25) is 11.8 Å². The maximum Gasteiger partial charge on any atom is 0.248 e. The number of nitrogens with zero attached hydrogens (tertiary/aromatic N) is 3. The molecule has 2 aromatic rings. The van der Waals surface area contributed by atoms with Gasteiger partial charge in [-0.15, -0.1) is 11.3 Å². The number of ether oxygens (including phenoxy) is 3. The van der Waals surface area contributed by atoms with Crippen LogP contribution < -0.4 is 14.4 Å². The first-order chi connectivity index (χ1) is 14.5. The van der Waals surface area contributed by atoms with Crippen LogP contribution in [0.15, 0.2) is 29.8 Å². The third-order valence-corrected chi connectivity index (χ3v) is 6.27. The number of hydrogen-bond donors (Lipinski definition) is 0. The van der Waals surface area contributed by atoms with Crippen LogP contribution in [0.4, 0.5) is 5.13 Å². The number of amides is 2. The molecule has 8 nitrogen and oxygen atoms in total. The zero-order chi connectivity index (χ0) is 21.1. The smallest absolute Gasteiger partial charge is 0.248 e. The van der Waals surface area contributed by atoms with Crippen LogP contribution in [0.1, 0.15) is 30.7 Å². The number of hydrogen-bond acceptors (Lipinski definition) is 7. The third kappa shape index (κ3) is 4.41. The number of rotatable bonds is 7. The SMILES string of the molecule is COc1ccc([C@@H]2CC(=O)N(CC(=O)N(C)c3nccs3)C2)cc1OC1CCCO1. The number of carbonyl (C=O) groups is 2. The van der Waals surface area contributed by atoms with Crippen LogP contribution in [0, 0.1) is 0 Å². The Morgan fingerprint density at radius 3 is 2.97 bits per heavy atom. The van der Waals surface area contributed by atoms with Crippen LogP contribution in [0.5, 0.6) is 11.5 Å². The summed E-state index contributed by atoms with van der Waals surface area (Å²) < 4.78 is 17.0. The highest BCUT2D eigenvalue weighted by Crippen LogP contribution is 2.36. The molecule has 2 aliphatic heterocycles. The summed E-state index contributed by atoms with van der Waals surface area (Å²) >= 11 is 1.39. The fraction of sp³-hybridized carbons (Fsp3) is 0.476. The lowest BCUT2D eigenvalue weighted by atomic mass is 9.98. The minimum Gasteiger partial charge on any atom is -0.493 e. The first-order valence-electron chi connectivity index (χ1n) is 9.95. The van der Waals surface area contributed by atoms with E-state index in [1.807, 2.05) is 23.6 Å². The van der Waals surface area contributed by atoms with E-state index in [2.05, 4.69) is 4.98 Å². The molecule has 30 heavy (non-hydrogen) atoms. The van der Waals surface area contributed by atoms with E-state index in [0.29, 0.717) is 36.2 Å². The molecule has 0 bridgehead atoms. The fourth-order valence-electron chi connectivity index (χ4n) is 3.73. The van der Waals surface area contributed by atoms with Crippen molar-refractivity contribution in [3.05, 3.63) is 35.3 Å². The van der Waals surface area contributed by atoms with Crippen LogP contribution in [0.2, 0.25) is 0 Å². The molecule has 2 amide bonds. The van der Waals surface area contributed by atoms with Gasteiger partial charge in [-0.3, -0.25) is 14.5 Å². The Balaban J connectivity index is 1.43. The normalized spacial score (nSPS) is 21.1. The van der Waals surface area contributed by atoms with Gasteiger partial charge < -0.3 is 19.1 Å². The summed E-state index contributed by atoms with van der Waals surface area (Å²) in [6.07, 6.45) is 3.57. The van der Waals surface area contributed by atoms with Gasteiger partial charge in [-0.2, -0.15) is 0 Å². The highest BCUT2D eigenvalue weighted by atomic mass is 32.1. The van der Waals surface area contributed by atoms with Crippen LogP contribution in [0.25, 0.3) is 0 Å². The van der Waals surface area contributed by atoms with E-state index in [4.69, 9.17) is 14.2 Å². The molecule has 0 aliphatic carbocycles. The summed E-state index contributed by atoms with van der Waals surface area (Å²) in [4.78, 5) is 32.4. The Kier molecular flexibility index (Phi) is 6.19. The number of likely N-dealkylation sites (tertiary alicyclic amines) is 1. The molecule has 0 saturated carbocycles. The van der Waals surface area contributed by atoms with Gasteiger partial charge in [0.25, 0.3) is 0 Å². The highest BCUT2D eigenvalue weighted by Gasteiger charge is 2.33. The molecule has 2 saturated heterocycles. The average Bonchev–Trinajstić information content (AvgIpc) is 3.51. The summed E-state index contributed by atoms with van der Waals surface area (Å²) in [6.45, 7) is 1.23. The number of anilines is 1. The Morgan fingerprint density at radius 1 is 1.40 bits per heavy atom. The van der Waals surface area contributed by atoms with Crippen LogP contribution in [0.3, 0.4) is 0 Å². The van der Waals surface area contributed by atoms with Crippen molar-refractivity contribution in [1.82, 2.24) is 9.88 Å².